The Kier molecular flexibility index (Phi) is 6.56. The predicted octanol–water partition coefficient (Wildman–Crippen LogP) is 4.60. The molecule has 22 heavy (non-hydrogen) atoms. The number of carbonyl (C=O) groups excluding carboxylic acids is 1. The van der Waals surface area contributed by atoms with E-state index in [0.717, 1.165) is 48.6 Å². The van der Waals surface area contributed by atoms with E-state index in [1.807, 2.05) is 25.1 Å². The van der Waals surface area contributed by atoms with Crippen LogP contribution < -0.4 is 4.74 Å². The zero-order chi connectivity index (χ0) is 15.9. The topological polar surface area (TPSA) is 29.5 Å². The molecule has 0 radical (unpaired) electrons. The van der Waals surface area contributed by atoms with Gasteiger partial charge in [0.05, 0.1) is 6.61 Å². The number of carbonyl (C=O) groups is 1. The lowest BCUT2D eigenvalue weighted by atomic mass is 9.99. The van der Waals surface area contributed by atoms with Gasteiger partial charge in [0.2, 0.25) is 5.91 Å². The number of hydrogen-bond donors (Lipinski definition) is 0. The third-order valence-corrected chi connectivity index (χ3v) is 4.58. The minimum Gasteiger partial charge on any atom is -0.493 e. The van der Waals surface area contributed by atoms with E-state index in [2.05, 4.69) is 11.8 Å². The summed E-state index contributed by atoms with van der Waals surface area (Å²) in [6, 6.07) is 6.05. The van der Waals surface area contributed by atoms with E-state index in [9.17, 15) is 4.79 Å². The van der Waals surface area contributed by atoms with Gasteiger partial charge in [-0.3, -0.25) is 4.79 Å². The molecule has 1 fully saturated rings. The molecule has 1 atom stereocenters. The van der Waals surface area contributed by atoms with Gasteiger partial charge in [0.25, 0.3) is 0 Å². The Morgan fingerprint density at radius 1 is 1.41 bits per heavy atom. The van der Waals surface area contributed by atoms with Crippen LogP contribution in [0.5, 0.6) is 5.75 Å². The van der Waals surface area contributed by atoms with E-state index in [4.69, 9.17) is 16.3 Å². The zero-order valence-corrected chi connectivity index (χ0v) is 14.4. The molecule has 1 saturated heterocycles. The highest BCUT2D eigenvalue weighted by Gasteiger charge is 2.24. The van der Waals surface area contributed by atoms with E-state index in [0.29, 0.717) is 19.1 Å². The highest BCUT2D eigenvalue weighted by atomic mass is 35.5. The van der Waals surface area contributed by atoms with Gasteiger partial charge in [-0.1, -0.05) is 18.5 Å². The van der Waals surface area contributed by atoms with Crippen LogP contribution in [0.25, 0.3) is 0 Å². The molecule has 0 saturated carbocycles. The standard InChI is InChI=1S/C18H26ClNO2/c1-3-16-7-4-5-11-20(16)18(21)8-6-12-22-17-10-9-15(19)13-14(17)2/h9-10,13,16H,3-8,11-12H2,1-2H3/t16-/m1/s1. The number of amides is 1. The van der Waals surface area contributed by atoms with Crippen molar-refractivity contribution in [3.8, 4) is 5.75 Å². The maximum atomic E-state index is 12.3. The summed E-state index contributed by atoms with van der Waals surface area (Å²) in [6.45, 7) is 5.64. The van der Waals surface area contributed by atoms with Gasteiger partial charge in [-0.15, -0.1) is 0 Å². The molecular weight excluding hydrogens is 298 g/mol. The van der Waals surface area contributed by atoms with Crippen molar-refractivity contribution in [3.63, 3.8) is 0 Å². The Labute approximate surface area is 138 Å². The van der Waals surface area contributed by atoms with Crippen LogP contribution in [-0.4, -0.2) is 30.0 Å². The molecule has 0 aliphatic carbocycles. The molecule has 1 aromatic carbocycles. The number of likely N-dealkylation sites (tertiary alicyclic amines) is 1. The predicted molar refractivity (Wildman–Crippen MR) is 90.6 cm³/mol. The second kappa shape index (κ2) is 8.42. The molecule has 122 valence electrons. The van der Waals surface area contributed by atoms with Gasteiger partial charge in [0.1, 0.15) is 5.75 Å². The van der Waals surface area contributed by atoms with Crippen molar-refractivity contribution < 1.29 is 9.53 Å². The Hall–Kier alpha value is -1.22. The average molecular weight is 324 g/mol. The summed E-state index contributed by atoms with van der Waals surface area (Å²) in [4.78, 5) is 14.4. The van der Waals surface area contributed by atoms with Gasteiger partial charge in [0.15, 0.2) is 0 Å². The number of hydrogen-bond acceptors (Lipinski definition) is 2. The summed E-state index contributed by atoms with van der Waals surface area (Å²) in [7, 11) is 0. The van der Waals surface area contributed by atoms with Crippen LogP contribution >= 0.6 is 11.6 Å². The molecule has 0 unspecified atom stereocenters. The van der Waals surface area contributed by atoms with E-state index >= 15 is 0 Å². The van der Waals surface area contributed by atoms with Crippen molar-refractivity contribution >= 4 is 17.5 Å². The maximum Gasteiger partial charge on any atom is 0.222 e. The quantitative estimate of drug-likeness (QED) is 0.716. The summed E-state index contributed by atoms with van der Waals surface area (Å²) in [5.41, 5.74) is 1.03. The highest BCUT2D eigenvalue weighted by Crippen LogP contribution is 2.23. The van der Waals surface area contributed by atoms with E-state index in [1.165, 1.54) is 6.42 Å². The van der Waals surface area contributed by atoms with E-state index in [1.54, 1.807) is 0 Å². The van der Waals surface area contributed by atoms with Gasteiger partial charge < -0.3 is 9.64 Å². The molecule has 0 bridgehead atoms. The Morgan fingerprint density at radius 2 is 2.23 bits per heavy atom. The molecule has 0 spiro atoms. The van der Waals surface area contributed by atoms with Gasteiger partial charge in [-0.05, 0) is 62.8 Å². The smallest absolute Gasteiger partial charge is 0.222 e. The van der Waals surface area contributed by atoms with Gasteiger partial charge >= 0.3 is 0 Å². The minimum absolute atomic E-state index is 0.281. The van der Waals surface area contributed by atoms with Crippen molar-refractivity contribution in [2.75, 3.05) is 13.2 Å². The van der Waals surface area contributed by atoms with Crippen molar-refractivity contribution in [2.45, 2.75) is 58.4 Å². The molecule has 1 aliphatic rings. The van der Waals surface area contributed by atoms with Crippen LogP contribution in [0, 0.1) is 6.92 Å². The minimum atomic E-state index is 0.281. The lowest BCUT2D eigenvalue weighted by Crippen LogP contribution is -2.43. The number of halogens is 1. The van der Waals surface area contributed by atoms with E-state index in [-0.39, 0.29) is 5.91 Å². The molecule has 1 aliphatic heterocycles. The molecule has 0 aromatic heterocycles. The van der Waals surface area contributed by atoms with Crippen molar-refractivity contribution in [3.05, 3.63) is 28.8 Å². The van der Waals surface area contributed by atoms with Crippen LogP contribution in [-0.2, 0) is 4.79 Å². The van der Waals surface area contributed by atoms with Crippen LogP contribution in [0.4, 0.5) is 0 Å². The SMILES string of the molecule is CC[C@@H]1CCCCN1C(=O)CCCOc1ccc(Cl)cc1C. The van der Waals surface area contributed by atoms with Crippen molar-refractivity contribution in [2.24, 2.45) is 0 Å². The van der Waals surface area contributed by atoms with Crippen LogP contribution in [0.1, 0.15) is 51.0 Å². The first-order chi connectivity index (χ1) is 10.6. The zero-order valence-electron chi connectivity index (χ0n) is 13.6. The average Bonchev–Trinajstić information content (AvgIpc) is 2.53. The molecule has 1 aromatic rings. The molecule has 1 heterocycles. The number of rotatable bonds is 6. The second-order valence-electron chi connectivity index (χ2n) is 6.01. The molecule has 3 nitrogen and oxygen atoms in total. The second-order valence-corrected chi connectivity index (χ2v) is 6.44. The summed E-state index contributed by atoms with van der Waals surface area (Å²) in [5.74, 6) is 1.13. The molecule has 2 rings (SSSR count). The fraction of sp³-hybridized carbons (Fsp3) is 0.611. The first kappa shape index (κ1) is 17.1. The van der Waals surface area contributed by atoms with Gasteiger partial charge in [-0.2, -0.15) is 0 Å². The summed E-state index contributed by atoms with van der Waals surface area (Å²) < 4.78 is 5.75. The number of aryl methyl sites for hydroxylation is 1. The summed E-state index contributed by atoms with van der Waals surface area (Å²) >= 11 is 5.93. The maximum absolute atomic E-state index is 12.3. The Bertz CT molecular complexity index is 504. The molecular formula is C18H26ClNO2. The number of piperidine rings is 1. The third kappa shape index (κ3) is 4.64. The van der Waals surface area contributed by atoms with Crippen molar-refractivity contribution in [1.82, 2.24) is 4.90 Å². The summed E-state index contributed by atoms with van der Waals surface area (Å²) in [5, 5.41) is 0.718. The van der Waals surface area contributed by atoms with Gasteiger partial charge in [0, 0.05) is 24.0 Å². The number of benzene rings is 1. The largest absolute Gasteiger partial charge is 0.493 e. The van der Waals surface area contributed by atoms with Crippen LogP contribution in [0.15, 0.2) is 18.2 Å². The first-order valence-electron chi connectivity index (χ1n) is 8.30. The Balaban J connectivity index is 1.74. The van der Waals surface area contributed by atoms with Crippen molar-refractivity contribution in [1.29, 1.82) is 0 Å². The number of nitrogens with zero attached hydrogens (tertiary/aromatic N) is 1. The normalized spacial score (nSPS) is 18.3. The lowest BCUT2D eigenvalue weighted by Gasteiger charge is -2.35. The summed E-state index contributed by atoms with van der Waals surface area (Å²) in [6.07, 6.45) is 5.94. The first-order valence-corrected chi connectivity index (χ1v) is 8.68. The third-order valence-electron chi connectivity index (χ3n) is 4.35. The van der Waals surface area contributed by atoms with Gasteiger partial charge in [-0.25, -0.2) is 0 Å². The lowest BCUT2D eigenvalue weighted by molar-refractivity contribution is -0.135. The van der Waals surface area contributed by atoms with E-state index < -0.39 is 0 Å². The Morgan fingerprint density at radius 3 is 2.95 bits per heavy atom. The molecule has 1 amide bonds. The van der Waals surface area contributed by atoms with Crippen LogP contribution in [0.2, 0.25) is 5.02 Å². The highest BCUT2D eigenvalue weighted by molar-refractivity contribution is 6.30. The van der Waals surface area contributed by atoms with Crippen LogP contribution in [0.3, 0.4) is 0 Å². The molecule has 4 heteroatoms. The number of ether oxygens (including phenoxy) is 1. The monoisotopic (exact) mass is 323 g/mol. The molecule has 0 N–H and O–H groups in total. The fourth-order valence-corrected chi connectivity index (χ4v) is 3.30. The fourth-order valence-electron chi connectivity index (χ4n) is 3.08.